The van der Waals surface area contributed by atoms with Gasteiger partial charge in [-0.15, -0.1) is 0 Å². The highest BCUT2D eigenvalue weighted by atomic mass is 19.4. The molecule has 0 aromatic heterocycles. The van der Waals surface area contributed by atoms with E-state index in [0.29, 0.717) is 11.4 Å². The van der Waals surface area contributed by atoms with E-state index in [-0.39, 0.29) is 11.4 Å². The number of halogens is 3. The van der Waals surface area contributed by atoms with E-state index in [2.05, 4.69) is 5.32 Å². The van der Waals surface area contributed by atoms with Gasteiger partial charge in [0.05, 0.1) is 11.4 Å². The lowest BCUT2D eigenvalue weighted by Crippen LogP contribution is -2.64. The molecule has 1 atom stereocenters. The molecule has 2 aromatic rings. The normalized spacial score (nSPS) is 21.5. The minimum atomic E-state index is -4.93. The van der Waals surface area contributed by atoms with Gasteiger partial charge in [-0.3, -0.25) is 0 Å². The van der Waals surface area contributed by atoms with Crippen LogP contribution in [0.5, 0.6) is 0 Å². The monoisotopic (exact) mass is 370 g/mol. The fourth-order valence-electron chi connectivity index (χ4n) is 3.66. The van der Waals surface area contributed by atoms with E-state index in [9.17, 15) is 23.2 Å². The van der Waals surface area contributed by atoms with Crippen LogP contribution in [0.25, 0.3) is 0 Å². The van der Waals surface area contributed by atoms with Gasteiger partial charge < -0.3 is 10.2 Å². The molecule has 27 heavy (non-hydrogen) atoms. The molecule has 0 spiro atoms. The van der Waals surface area contributed by atoms with Crippen LogP contribution in [0.3, 0.4) is 0 Å². The molecule has 4 rings (SSSR count). The van der Waals surface area contributed by atoms with Crippen molar-refractivity contribution in [2.45, 2.75) is 11.7 Å². The van der Waals surface area contributed by atoms with Gasteiger partial charge in [-0.2, -0.15) is 18.4 Å². The van der Waals surface area contributed by atoms with Crippen LogP contribution >= 0.6 is 0 Å². The van der Waals surface area contributed by atoms with Gasteiger partial charge in [-0.25, -0.2) is 9.69 Å². The van der Waals surface area contributed by atoms with E-state index in [1.54, 1.807) is 36.4 Å². The van der Waals surface area contributed by atoms with Crippen molar-refractivity contribution >= 4 is 17.4 Å². The Labute approximate surface area is 152 Å². The molecule has 0 radical (unpaired) electrons. The van der Waals surface area contributed by atoms with Gasteiger partial charge in [0.15, 0.2) is 0 Å². The number of hydrogen-bond acceptors (Lipinski definition) is 3. The summed E-state index contributed by atoms with van der Waals surface area (Å²) in [5.41, 5.74) is -2.77. The Kier molecular flexibility index (Phi) is 3.46. The largest absolute Gasteiger partial charge is 0.421 e. The maximum Gasteiger partial charge on any atom is 0.421 e. The Morgan fingerprint density at radius 2 is 1.63 bits per heavy atom. The van der Waals surface area contributed by atoms with Crippen molar-refractivity contribution in [3.05, 3.63) is 71.6 Å². The average molecular weight is 370 g/mol. The molecule has 2 aliphatic rings. The number of nitrogens with zero attached hydrogens (tertiary/aromatic N) is 3. The third-order valence-corrected chi connectivity index (χ3v) is 4.85. The van der Waals surface area contributed by atoms with Crippen molar-refractivity contribution in [2.24, 2.45) is 0 Å². The van der Waals surface area contributed by atoms with Gasteiger partial charge in [-0.1, -0.05) is 42.5 Å². The number of anilines is 2. The van der Waals surface area contributed by atoms with Gasteiger partial charge in [0, 0.05) is 7.05 Å². The van der Waals surface area contributed by atoms with E-state index in [1.807, 2.05) is 0 Å². The highest BCUT2D eigenvalue weighted by Gasteiger charge is 2.65. The number of para-hydroxylation sites is 2. The molecule has 136 valence electrons. The van der Waals surface area contributed by atoms with E-state index in [1.165, 1.54) is 36.2 Å². The number of urea groups is 1. The van der Waals surface area contributed by atoms with Crippen LogP contribution < -0.4 is 15.1 Å². The standard InChI is InChI=1S/C19H13F3N4O/c1-25-14-9-5-6-10-15(14)26-16(25)13(11-23)18(19(20,21)22,24-17(26)27)12-7-3-2-4-8-12/h2-10H,1H3,(H,24,27)/t18-/m1/s1. The molecule has 8 heteroatoms. The van der Waals surface area contributed by atoms with Crippen molar-refractivity contribution in [1.82, 2.24) is 5.32 Å². The summed E-state index contributed by atoms with van der Waals surface area (Å²) in [6.45, 7) is 0. The number of rotatable bonds is 1. The Morgan fingerprint density at radius 3 is 2.22 bits per heavy atom. The number of carbonyl (C=O) groups excluding carboxylic acids is 1. The number of fused-ring (bicyclic) bond motifs is 3. The van der Waals surface area contributed by atoms with Crippen LogP contribution in [0.4, 0.5) is 29.3 Å². The second kappa shape index (κ2) is 5.51. The summed E-state index contributed by atoms with van der Waals surface area (Å²) in [5.74, 6) is -0.0939. The number of carbonyl (C=O) groups is 1. The van der Waals surface area contributed by atoms with E-state index >= 15 is 0 Å². The minimum Gasteiger partial charge on any atom is -0.328 e. The fraction of sp³-hybridized carbons (Fsp3) is 0.158. The summed E-state index contributed by atoms with van der Waals surface area (Å²) in [7, 11) is 1.54. The predicted octanol–water partition coefficient (Wildman–Crippen LogP) is 3.86. The maximum atomic E-state index is 14.4. The van der Waals surface area contributed by atoms with Crippen molar-refractivity contribution in [3.63, 3.8) is 0 Å². The lowest BCUT2D eigenvalue weighted by atomic mass is 9.80. The van der Waals surface area contributed by atoms with Gasteiger partial charge in [0.1, 0.15) is 17.5 Å². The Balaban J connectivity index is 2.08. The number of alkyl halides is 3. The molecule has 0 aliphatic carbocycles. The number of benzene rings is 2. The van der Waals surface area contributed by atoms with Gasteiger partial charge in [0.25, 0.3) is 0 Å². The van der Waals surface area contributed by atoms with Crippen LogP contribution in [0.15, 0.2) is 66.0 Å². The molecular formula is C19H13F3N4O. The molecule has 0 unspecified atom stereocenters. The van der Waals surface area contributed by atoms with Crippen LogP contribution in [0.2, 0.25) is 0 Å². The molecule has 0 saturated heterocycles. The van der Waals surface area contributed by atoms with E-state index in [0.717, 1.165) is 4.90 Å². The summed E-state index contributed by atoms with van der Waals surface area (Å²) in [5, 5.41) is 11.8. The first-order valence-electron chi connectivity index (χ1n) is 8.05. The van der Waals surface area contributed by atoms with Gasteiger partial charge in [-0.05, 0) is 17.7 Å². The first-order chi connectivity index (χ1) is 12.8. The Hall–Kier alpha value is -3.47. The van der Waals surface area contributed by atoms with Crippen molar-refractivity contribution < 1.29 is 18.0 Å². The molecule has 2 amide bonds. The topological polar surface area (TPSA) is 59.4 Å². The van der Waals surface area contributed by atoms with E-state index < -0.39 is 23.3 Å². The highest BCUT2D eigenvalue weighted by molar-refractivity contribution is 6.06. The van der Waals surface area contributed by atoms with Gasteiger partial charge in [0.2, 0.25) is 5.54 Å². The third kappa shape index (κ3) is 2.08. The van der Waals surface area contributed by atoms with Crippen molar-refractivity contribution in [1.29, 1.82) is 5.26 Å². The predicted molar refractivity (Wildman–Crippen MR) is 92.7 cm³/mol. The fourth-order valence-corrected chi connectivity index (χ4v) is 3.66. The minimum absolute atomic E-state index is 0.0939. The summed E-state index contributed by atoms with van der Waals surface area (Å²) in [6, 6.07) is 14.4. The van der Waals surface area contributed by atoms with Crippen LogP contribution in [-0.2, 0) is 5.54 Å². The van der Waals surface area contributed by atoms with Crippen LogP contribution in [-0.4, -0.2) is 19.3 Å². The quantitative estimate of drug-likeness (QED) is 0.829. The van der Waals surface area contributed by atoms with Crippen LogP contribution in [0.1, 0.15) is 5.56 Å². The zero-order valence-corrected chi connectivity index (χ0v) is 14.1. The summed E-state index contributed by atoms with van der Waals surface area (Å²) < 4.78 is 43.1. The van der Waals surface area contributed by atoms with Crippen molar-refractivity contribution in [3.8, 4) is 6.07 Å². The molecule has 2 aliphatic heterocycles. The first-order valence-corrected chi connectivity index (χ1v) is 8.05. The van der Waals surface area contributed by atoms with E-state index in [4.69, 9.17) is 0 Å². The van der Waals surface area contributed by atoms with Crippen LogP contribution in [0, 0.1) is 11.3 Å². The molecule has 2 aromatic carbocycles. The number of amides is 2. The number of hydrogen-bond donors (Lipinski definition) is 1. The molecular weight excluding hydrogens is 357 g/mol. The molecule has 0 fully saturated rings. The number of nitrogens with one attached hydrogen (secondary N) is 1. The zero-order chi connectivity index (χ0) is 19.4. The second-order valence-electron chi connectivity index (χ2n) is 6.24. The molecule has 1 N–H and O–H groups in total. The zero-order valence-electron chi connectivity index (χ0n) is 14.1. The van der Waals surface area contributed by atoms with Crippen molar-refractivity contribution in [2.75, 3.05) is 16.8 Å². The SMILES string of the molecule is CN1C2=C(C#N)[C@](c3ccccc3)(C(F)(F)F)NC(=O)N2c2ccccc21. The summed E-state index contributed by atoms with van der Waals surface area (Å²) in [4.78, 5) is 15.4. The highest BCUT2D eigenvalue weighted by Crippen LogP contribution is 2.52. The summed E-state index contributed by atoms with van der Waals surface area (Å²) in [6.07, 6.45) is -4.93. The lowest BCUT2D eigenvalue weighted by Gasteiger charge is -2.42. The first kappa shape index (κ1) is 17.0. The Morgan fingerprint density at radius 1 is 1.04 bits per heavy atom. The van der Waals surface area contributed by atoms with Gasteiger partial charge >= 0.3 is 12.2 Å². The lowest BCUT2D eigenvalue weighted by molar-refractivity contribution is -0.184. The second-order valence-corrected chi connectivity index (χ2v) is 6.24. The molecule has 0 bridgehead atoms. The third-order valence-electron chi connectivity index (χ3n) is 4.85. The maximum absolute atomic E-state index is 14.4. The molecule has 5 nitrogen and oxygen atoms in total. The number of nitriles is 1. The smallest absolute Gasteiger partial charge is 0.328 e. The molecule has 0 saturated carbocycles. The molecule has 2 heterocycles. The Bertz CT molecular complexity index is 1010. The summed E-state index contributed by atoms with van der Waals surface area (Å²) >= 11 is 0. The average Bonchev–Trinajstić information content (AvgIpc) is 2.95.